The van der Waals surface area contributed by atoms with Crippen molar-refractivity contribution in [3.63, 3.8) is 0 Å². The molecule has 1 aromatic heterocycles. The van der Waals surface area contributed by atoms with E-state index in [2.05, 4.69) is 33.6 Å². The van der Waals surface area contributed by atoms with Gasteiger partial charge in [0.15, 0.2) is 0 Å². The first-order chi connectivity index (χ1) is 18.9. The second-order valence-electron chi connectivity index (χ2n) is 11.8. The molecule has 1 amide bonds. The zero-order chi connectivity index (χ0) is 28.8. The molecule has 0 unspecified atom stereocenters. The summed E-state index contributed by atoms with van der Waals surface area (Å²) in [5.41, 5.74) is 3.11. The van der Waals surface area contributed by atoms with Crippen LogP contribution in [0.3, 0.4) is 0 Å². The SMILES string of the molecule is CCO[C@H]1Cc2cc(C(F)(F)F)ccc2[C@H]1N1CCN(C2(C)CCN(C(=O)c3c(C)ncnc3C)CC2)C[C@@H]1C. The van der Waals surface area contributed by atoms with Gasteiger partial charge in [-0.3, -0.25) is 14.6 Å². The Morgan fingerprint density at radius 1 is 1.10 bits per heavy atom. The number of aryl methyl sites for hydroxylation is 2. The van der Waals surface area contributed by atoms with Crippen molar-refractivity contribution >= 4 is 5.91 Å². The Labute approximate surface area is 234 Å². The van der Waals surface area contributed by atoms with Gasteiger partial charge in [0, 0.05) is 57.3 Å². The Bertz CT molecular complexity index is 1220. The zero-order valence-electron chi connectivity index (χ0n) is 24.1. The van der Waals surface area contributed by atoms with Crippen molar-refractivity contribution in [2.75, 3.05) is 39.3 Å². The third-order valence-electron chi connectivity index (χ3n) is 9.31. The topological polar surface area (TPSA) is 61.8 Å². The molecule has 0 bridgehead atoms. The number of piperazine rings is 1. The van der Waals surface area contributed by atoms with Crippen LogP contribution in [0.5, 0.6) is 0 Å². The third kappa shape index (κ3) is 5.37. The summed E-state index contributed by atoms with van der Waals surface area (Å²) in [7, 11) is 0. The highest BCUT2D eigenvalue weighted by Crippen LogP contribution is 2.43. The van der Waals surface area contributed by atoms with Crippen molar-refractivity contribution in [3.05, 3.63) is 58.2 Å². The average molecular weight is 560 g/mol. The van der Waals surface area contributed by atoms with Crippen LogP contribution in [0.2, 0.25) is 0 Å². The molecule has 1 aliphatic carbocycles. The Hall–Kier alpha value is -2.56. The summed E-state index contributed by atoms with van der Waals surface area (Å²) in [4.78, 5) is 28.6. The molecule has 0 radical (unpaired) electrons. The smallest absolute Gasteiger partial charge is 0.376 e. The van der Waals surface area contributed by atoms with E-state index in [1.807, 2.05) is 25.7 Å². The first kappa shape index (κ1) is 29.0. The summed E-state index contributed by atoms with van der Waals surface area (Å²) < 4.78 is 46.3. The van der Waals surface area contributed by atoms with E-state index in [4.69, 9.17) is 4.74 Å². The number of hydrogen-bond acceptors (Lipinski definition) is 6. The molecule has 0 saturated carbocycles. The monoisotopic (exact) mass is 559 g/mol. The molecule has 2 fully saturated rings. The van der Waals surface area contributed by atoms with Crippen molar-refractivity contribution in [3.8, 4) is 0 Å². The molecular formula is C30H40F3N5O2. The molecule has 3 heterocycles. The van der Waals surface area contributed by atoms with Gasteiger partial charge in [-0.05, 0) is 70.7 Å². The van der Waals surface area contributed by atoms with Gasteiger partial charge in [-0.2, -0.15) is 13.2 Å². The highest BCUT2D eigenvalue weighted by molar-refractivity contribution is 5.96. The summed E-state index contributed by atoms with van der Waals surface area (Å²) in [6.45, 7) is 14.6. The number of rotatable bonds is 5. The molecular weight excluding hydrogens is 519 g/mol. The van der Waals surface area contributed by atoms with Crippen LogP contribution in [0.1, 0.15) is 78.1 Å². The summed E-state index contributed by atoms with van der Waals surface area (Å²) in [5, 5.41) is 0. The lowest BCUT2D eigenvalue weighted by molar-refractivity contribution is -0.137. The summed E-state index contributed by atoms with van der Waals surface area (Å²) >= 11 is 0. The Balaban J connectivity index is 1.26. The normalized spacial score (nSPS) is 25.7. The van der Waals surface area contributed by atoms with Gasteiger partial charge < -0.3 is 9.64 Å². The summed E-state index contributed by atoms with van der Waals surface area (Å²) in [5.74, 6) is 0.00591. The van der Waals surface area contributed by atoms with Crippen LogP contribution in [-0.4, -0.2) is 87.6 Å². The van der Waals surface area contributed by atoms with Crippen LogP contribution in [0.4, 0.5) is 13.2 Å². The molecule has 3 atom stereocenters. The van der Waals surface area contributed by atoms with Crippen LogP contribution < -0.4 is 0 Å². The lowest BCUT2D eigenvalue weighted by atomic mass is 9.86. The van der Waals surface area contributed by atoms with Gasteiger partial charge in [-0.15, -0.1) is 0 Å². The van der Waals surface area contributed by atoms with E-state index in [0.717, 1.165) is 43.6 Å². The number of amides is 1. The van der Waals surface area contributed by atoms with Crippen LogP contribution in [0, 0.1) is 13.8 Å². The fraction of sp³-hybridized carbons (Fsp3) is 0.633. The highest BCUT2D eigenvalue weighted by atomic mass is 19.4. The first-order valence-electron chi connectivity index (χ1n) is 14.3. The number of fused-ring (bicyclic) bond motifs is 1. The van der Waals surface area contributed by atoms with E-state index in [1.54, 1.807) is 6.07 Å². The largest absolute Gasteiger partial charge is 0.416 e. The molecule has 2 aromatic rings. The number of likely N-dealkylation sites (tertiary alicyclic amines) is 1. The van der Waals surface area contributed by atoms with Crippen molar-refractivity contribution in [2.24, 2.45) is 0 Å². The fourth-order valence-corrected chi connectivity index (χ4v) is 6.98. The van der Waals surface area contributed by atoms with Gasteiger partial charge in [0.1, 0.15) is 6.33 Å². The van der Waals surface area contributed by atoms with Gasteiger partial charge >= 0.3 is 6.18 Å². The van der Waals surface area contributed by atoms with Gasteiger partial charge in [-0.25, -0.2) is 9.97 Å². The quantitative estimate of drug-likeness (QED) is 0.524. The molecule has 218 valence electrons. The second-order valence-corrected chi connectivity index (χ2v) is 11.8. The van der Waals surface area contributed by atoms with E-state index >= 15 is 0 Å². The van der Waals surface area contributed by atoms with Gasteiger partial charge in [0.2, 0.25) is 0 Å². The number of hydrogen-bond donors (Lipinski definition) is 0. The Morgan fingerprint density at radius 2 is 1.77 bits per heavy atom. The van der Waals surface area contributed by atoms with Crippen LogP contribution in [0.15, 0.2) is 24.5 Å². The van der Waals surface area contributed by atoms with E-state index in [0.29, 0.717) is 43.1 Å². The molecule has 7 nitrogen and oxygen atoms in total. The number of ether oxygens (including phenoxy) is 1. The number of nitrogens with zero attached hydrogens (tertiary/aromatic N) is 5. The van der Waals surface area contributed by atoms with Crippen molar-refractivity contribution in [2.45, 2.75) is 83.8 Å². The van der Waals surface area contributed by atoms with Crippen LogP contribution in [-0.2, 0) is 17.3 Å². The summed E-state index contributed by atoms with van der Waals surface area (Å²) in [6.07, 6.45) is -0.754. The standard InChI is InChI=1S/C30H40F3N5O2/c1-6-40-25-16-22-15-23(30(31,32)33)7-8-24(22)27(25)38-14-13-37(17-19(38)2)29(5)9-11-36(12-10-29)28(39)26-20(3)34-18-35-21(26)4/h7-8,15,18-19,25,27H,6,9-14,16-17H2,1-5H3/t19-,25-,27+/m0/s1. The Kier molecular flexibility index (Phi) is 7.98. The minimum absolute atomic E-state index is 0.00591. The van der Waals surface area contributed by atoms with E-state index in [1.165, 1.54) is 18.5 Å². The molecule has 2 aliphatic heterocycles. The third-order valence-corrected chi connectivity index (χ3v) is 9.31. The van der Waals surface area contributed by atoms with E-state index in [-0.39, 0.29) is 29.6 Å². The van der Waals surface area contributed by atoms with Crippen LogP contribution in [0.25, 0.3) is 0 Å². The lowest BCUT2D eigenvalue weighted by Gasteiger charge is -2.53. The molecule has 5 rings (SSSR count). The fourth-order valence-electron chi connectivity index (χ4n) is 6.98. The zero-order valence-corrected chi connectivity index (χ0v) is 24.1. The predicted molar refractivity (Wildman–Crippen MR) is 146 cm³/mol. The average Bonchev–Trinajstić information content (AvgIpc) is 3.25. The molecule has 2 saturated heterocycles. The number of piperidine rings is 1. The number of benzene rings is 1. The Morgan fingerprint density at radius 3 is 2.38 bits per heavy atom. The molecule has 1 aromatic carbocycles. The number of halogens is 3. The molecule has 0 N–H and O–H groups in total. The molecule has 10 heteroatoms. The van der Waals surface area contributed by atoms with Gasteiger partial charge in [0.25, 0.3) is 5.91 Å². The van der Waals surface area contributed by atoms with Gasteiger partial charge in [0.05, 0.1) is 34.7 Å². The van der Waals surface area contributed by atoms with Crippen molar-refractivity contribution in [1.29, 1.82) is 0 Å². The molecule has 3 aliphatic rings. The van der Waals surface area contributed by atoms with Crippen molar-refractivity contribution < 1.29 is 22.7 Å². The van der Waals surface area contributed by atoms with E-state index < -0.39 is 11.7 Å². The number of aromatic nitrogens is 2. The minimum atomic E-state index is -4.35. The second kappa shape index (κ2) is 11.0. The van der Waals surface area contributed by atoms with Crippen LogP contribution >= 0.6 is 0 Å². The van der Waals surface area contributed by atoms with E-state index in [9.17, 15) is 18.0 Å². The maximum atomic E-state index is 13.4. The maximum absolute atomic E-state index is 13.4. The highest BCUT2D eigenvalue weighted by Gasteiger charge is 2.45. The number of alkyl halides is 3. The minimum Gasteiger partial charge on any atom is -0.376 e. The molecule has 40 heavy (non-hydrogen) atoms. The van der Waals surface area contributed by atoms with Crippen molar-refractivity contribution in [1.82, 2.24) is 24.7 Å². The summed E-state index contributed by atoms with van der Waals surface area (Å²) in [6, 6.07) is 4.33. The first-order valence-corrected chi connectivity index (χ1v) is 14.3. The number of carbonyl (C=O) groups is 1. The maximum Gasteiger partial charge on any atom is 0.416 e. The number of carbonyl (C=O) groups excluding carboxylic acids is 1. The molecule has 0 spiro atoms. The lowest BCUT2D eigenvalue weighted by Crippen LogP contribution is -2.62. The van der Waals surface area contributed by atoms with Gasteiger partial charge in [-0.1, -0.05) is 6.07 Å². The predicted octanol–water partition coefficient (Wildman–Crippen LogP) is 4.82.